The molecule has 0 aromatic rings. The van der Waals surface area contributed by atoms with E-state index in [1.807, 2.05) is 0 Å². The third-order valence-electron chi connectivity index (χ3n) is 4.09. The van der Waals surface area contributed by atoms with Crippen LogP contribution in [0.25, 0.3) is 0 Å². The molecule has 98 valence electrons. The molecule has 0 aromatic carbocycles. The predicted molar refractivity (Wildman–Crippen MR) is 69.9 cm³/mol. The number of likely N-dealkylation sites (tertiary alicyclic amines) is 1. The Hall–Kier alpha value is -0.770. The third-order valence-corrected chi connectivity index (χ3v) is 4.09. The number of piperidine rings is 1. The van der Waals surface area contributed by atoms with Gasteiger partial charge in [0, 0.05) is 19.7 Å². The Kier molecular flexibility index (Phi) is 4.66. The third kappa shape index (κ3) is 3.60. The second-order valence-corrected chi connectivity index (χ2v) is 5.39. The maximum atomic E-state index is 9.10. The van der Waals surface area contributed by atoms with Crippen LogP contribution in [0.3, 0.4) is 0 Å². The minimum atomic E-state index is 0.313. The zero-order valence-corrected chi connectivity index (χ0v) is 10.6. The number of hydrogen-bond donors (Lipinski definition) is 2. The van der Waals surface area contributed by atoms with E-state index in [1.54, 1.807) is 0 Å². The van der Waals surface area contributed by atoms with Crippen LogP contribution in [-0.4, -0.2) is 41.7 Å². The van der Waals surface area contributed by atoms with Crippen LogP contribution in [0.5, 0.6) is 0 Å². The summed E-state index contributed by atoms with van der Waals surface area (Å²) in [6.45, 7) is 2.22. The fourth-order valence-corrected chi connectivity index (χ4v) is 2.82. The van der Waals surface area contributed by atoms with Gasteiger partial charge in [-0.2, -0.15) is 0 Å². The van der Waals surface area contributed by atoms with E-state index in [9.17, 15) is 0 Å². The molecule has 2 fully saturated rings. The van der Waals surface area contributed by atoms with E-state index >= 15 is 0 Å². The van der Waals surface area contributed by atoms with Crippen molar-refractivity contribution in [3.63, 3.8) is 0 Å². The lowest BCUT2D eigenvalue weighted by Gasteiger charge is -2.32. The molecule has 0 amide bonds. The maximum Gasteiger partial charge on any atom is 0.191 e. The lowest BCUT2D eigenvalue weighted by Crippen LogP contribution is -2.44. The summed E-state index contributed by atoms with van der Waals surface area (Å²) in [5, 5.41) is 9.10. The topological polar surface area (TPSA) is 61.8 Å². The molecule has 0 spiro atoms. The van der Waals surface area contributed by atoms with Crippen molar-refractivity contribution in [1.29, 1.82) is 0 Å². The van der Waals surface area contributed by atoms with Gasteiger partial charge in [0.2, 0.25) is 0 Å². The minimum absolute atomic E-state index is 0.313. The summed E-state index contributed by atoms with van der Waals surface area (Å²) in [6, 6.07) is 0.458. The molecule has 0 unspecified atom stereocenters. The standard InChI is InChI=1S/C13H25N3O/c14-13(15-12-4-2-1-3-5-12)16-8-6-11(10-17)7-9-16/h11-12,17H,1-10H2,(H2,14,15). The number of aliphatic hydroxyl groups excluding tert-OH is 1. The van der Waals surface area contributed by atoms with Crippen LogP contribution in [0.15, 0.2) is 4.99 Å². The Morgan fingerprint density at radius 1 is 1.12 bits per heavy atom. The molecule has 0 radical (unpaired) electrons. The van der Waals surface area contributed by atoms with Gasteiger partial charge in [-0.25, -0.2) is 4.99 Å². The molecule has 2 rings (SSSR count). The second kappa shape index (κ2) is 6.24. The van der Waals surface area contributed by atoms with E-state index in [2.05, 4.69) is 9.89 Å². The SMILES string of the molecule is NC(=NC1CCCCC1)N1CCC(CO)CC1. The predicted octanol–water partition coefficient (Wildman–Crippen LogP) is 1.34. The number of guanidine groups is 1. The Bertz CT molecular complexity index is 253. The van der Waals surface area contributed by atoms with Crippen LogP contribution >= 0.6 is 0 Å². The second-order valence-electron chi connectivity index (χ2n) is 5.39. The largest absolute Gasteiger partial charge is 0.396 e. The number of aliphatic imine (C=N–C) groups is 1. The Morgan fingerprint density at radius 3 is 2.35 bits per heavy atom. The first-order valence-electron chi connectivity index (χ1n) is 6.98. The van der Waals surface area contributed by atoms with Crippen molar-refractivity contribution in [3.8, 4) is 0 Å². The number of aliphatic hydroxyl groups is 1. The van der Waals surface area contributed by atoms with Crippen LogP contribution in [-0.2, 0) is 0 Å². The Labute approximate surface area is 104 Å². The molecule has 1 saturated heterocycles. The summed E-state index contributed by atoms with van der Waals surface area (Å²) < 4.78 is 0. The lowest BCUT2D eigenvalue weighted by molar-refractivity contribution is 0.165. The average molecular weight is 239 g/mol. The Morgan fingerprint density at radius 2 is 1.76 bits per heavy atom. The highest BCUT2D eigenvalue weighted by Crippen LogP contribution is 2.21. The van der Waals surface area contributed by atoms with E-state index in [0.29, 0.717) is 18.6 Å². The van der Waals surface area contributed by atoms with Crippen molar-refractivity contribution in [2.24, 2.45) is 16.6 Å². The molecule has 4 nitrogen and oxygen atoms in total. The van der Waals surface area contributed by atoms with Gasteiger partial charge in [-0.15, -0.1) is 0 Å². The van der Waals surface area contributed by atoms with Crippen LogP contribution in [0.1, 0.15) is 44.9 Å². The monoisotopic (exact) mass is 239 g/mol. The van der Waals surface area contributed by atoms with Crippen molar-refractivity contribution < 1.29 is 5.11 Å². The molecule has 1 aliphatic heterocycles. The summed E-state index contributed by atoms with van der Waals surface area (Å²) in [5.74, 6) is 1.20. The number of hydrogen-bond acceptors (Lipinski definition) is 2. The van der Waals surface area contributed by atoms with Gasteiger partial charge >= 0.3 is 0 Å². The summed E-state index contributed by atoms with van der Waals surface area (Å²) in [7, 11) is 0. The quantitative estimate of drug-likeness (QED) is 0.564. The summed E-state index contributed by atoms with van der Waals surface area (Å²) >= 11 is 0. The molecule has 1 aliphatic carbocycles. The van der Waals surface area contributed by atoms with Crippen molar-refractivity contribution in [2.45, 2.75) is 51.0 Å². The molecule has 0 atom stereocenters. The summed E-state index contributed by atoms with van der Waals surface area (Å²) in [5.41, 5.74) is 6.08. The van der Waals surface area contributed by atoms with Gasteiger partial charge in [-0.1, -0.05) is 19.3 Å². The molecule has 1 heterocycles. The van der Waals surface area contributed by atoms with Gasteiger partial charge in [0.15, 0.2) is 5.96 Å². The van der Waals surface area contributed by atoms with Gasteiger partial charge in [-0.3, -0.25) is 0 Å². The lowest BCUT2D eigenvalue weighted by atomic mass is 9.96. The molecular weight excluding hydrogens is 214 g/mol. The maximum absolute atomic E-state index is 9.10. The van der Waals surface area contributed by atoms with Gasteiger partial charge in [-0.05, 0) is 31.6 Å². The van der Waals surface area contributed by atoms with E-state index in [1.165, 1.54) is 32.1 Å². The molecular formula is C13H25N3O. The fourth-order valence-electron chi connectivity index (χ4n) is 2.82. The van der Waals surface area contributed by atoms with E-state index in [4.69, 9.17) is 10.8 Å². The molecule has 0 bridgehead atoms. The van der Waals surface area contributed by atoms with Gasteiger partial charge < -0.3 is 15.7 Å². The number of nitrogens with zero attached hydrogens (tertiary/aromatic N) is 2. The molecule has 1 saturated carbocycles. The number of rotatable bonds is 2. The van der Waals surface area contributed by atoms with E-state index in [-0.39, 0.29) is 0 Å². The minimum Gasteiger partial charge on any atom is -0.396 e. The van der Waals surface area contributed by atoms with Crippen molar-refractivity contribution >= 4 is 5.96 Å². The first-order valence-corrected chi connectivity index (χ1v) is 6.98. The van der Waals surface area contributed by atoms with Gasteiger partial charge in [0.1, 0.15) is 0 Å². The average Bonchev–Trinajstić information content (AvgIpc) is 2.40. The number of nitrogens with two attached hydrogens (primary N) is 1. The van der Waals surface area contributed by atoms with Crippen LogP contribution in [0.2, 0.25) is 0 Å². The van der Waals surface area contributed by atoms with Crippen LogP contribution in [0.4, 0.5) is 0 Å². The highest BCUT2D eigenvalue weighted by molar-refractivity contribution is 5.78. The summed E-state index contributed by atoms with van der Waals surface area (Å²) in [6.07, 6.45) is 8.44. The first kappa shape index (κ1) is 12.7. The van der Waals surface area contributed by atoms with Crippen LogP contribution in [0, 0.1) is 5.92 Å². The smallest absolute Gasteiger partial charge is 0.191 e. The summed E-state index contributed by atoms with van der Waals surface area (Å²) in [4.78, 5) is 6.85. The zero-order valence-electron chi connectivity index (χ0n) is 10.6. The van der Waals surface area contributed by atoms with E-state index < -0.39 is 0 Å². The normalized spacial score (nSPS) is 25.2. The van der Waals surface area contributed by atoms with Gasteiger partial charge in [0.25, 0.3) is 0 Å². The van der Waals surface area contributed by atoms with Crippen LogP contribution < -0.4 is 5.73 Å². The van der Waals surface area contributed by atoms with Crippen molar-refractivity contribution in [2.75, 3.05) is 19.7 Å². The molecule has 0 aromatic heterocycles. The van der Waals surface area contributed by atoms with Gasteiger partial charge in [0.05, 0.1) is 6.04 Å². The molecule has 4 heteroatoms. The zero-order chi connectivity index (χ0) is 12.1. The molecule has 3 N–H and O–H groups in total. The Balaban J connectivity index is 1.82. The van der Waals surface area contributed by atoms with Crippen molar-refractivity contribution in [3.05, 3.63) is 0 Å². The molecule has 17 heavy (non-hydrogen) atoms. The molecule has 2 aliphatic rings. The van der Waals surface area contributed by atoms with E-state index in [0.717, 1.165) is 31.9 Å². The highest BCUT2D eigenvalue weighted by Gasteiger charge is 2.20. The van der Waals surface area contributed by atoms with Crippen molar-refractivity contribution in [1.82, 2.24) is 4.90 Å². The highest BCUT2D eigenvalue weighted by atomic mass is 16.3. The first-order chi connectivity index (χ1) is 8.29. The fraction of sp³-hybridized carbons (Fsp3) is 0.923.